The van der Waals surface area contributed by atoms with Gasteiger partial charge in [-0.25, -0.2) is 0 Å². The normalized spacial score (nSPS) is 11.9. The third kappa shape index (κ3) is 3.45. The second-order valence-corrected chi connectivity index (χ2v) is 5.74. The zero-order chi connectivity index (χ0) is 12.7. The van der Waals surface area contributed by atoms with E-state index < -0.39 is 41.3 Å². The van der Waals surface area contributed by atoms with Gasteiger partial charge in [-0.2, -0.15) is 16.8 Å². The molecule has 0 amide bonds. The molecule has 92 valence electrons. The van der Waals surface area contributed by atoms with E-state index in [0.29, 0.717) is 0 Å². The van der Waals surface area contributed by atoms with Crippen LogP contribution in [0.2, 0.25) is 0 Å². The fourth-order valence-electron chi connectivity index (χ4n) is 1.26. The van der Waals surface area contributed by atoms with Crippen LogP contribution in [0, 0.1) is 6.92 Å². The topological polar surface area (TPSA) is 129 Å². The van der Waals surface area contributed by atoms with Gasteiger partial charge < -0.3 is 5.11 Å². The first-order valence-electron chi connectivity index (χ1n) is 3.82. The Balaban J connectivity index is 0.00000256. The van der Waals surface area contributed by atoms with Crippen molar-refractivity contribution >= 4 is 39.1 Å². The van der Waals surface area contributed by atoms with Crippen LogP contribution in [0.1, 0.15) is 5.56 Å². The number of phenolic OH excluding ortho intramolecular Hbond substituents is 1. The molecule has 3 N–H and O–H groups in total. The Labute approximate surface area is 110 Å². The van der Waals surface area contributed by atoms with Crippen molar-refractivity contribution in [1.29, 1.82) is 0 Å². The number of phenols is 1. The maximum absolute atomic E-state index is 10.9. The van der Waals surface area contributed by atoms with Gasteiger partial charge in [0.2, 0.25) is 0 Å². The Morgan fingerprint density at radius 1 is 1.00 bits per heavy atom. The molecule has 0 unspecified atom stereocenters. The van der Waals surface area contributed by atoms with E-state index in [9.17, 15) is 21.9 Å². The molecule has 0 saturated heterocycles. The van der Waals surface area contributed by atoms with Crippen molar-refractivity contribution in [3.63, 3.8) is 0 Å². The van der Waals surface area contributed by atoms with Crippen molar-refractivity contribution in [1.82, 2.24) is 0 Å². The summed E-state index contributed by atoms with van der Waals surface area (Å²) in [6.45, 7) is 1.03. The van der Waals surface area contributed by atoms with Crippen molar-refractivity contribution in [3.05, 3.63) is 17.7 Å². The summed E-state index contributed by atoms with van der Waals surface area (Å²) in [6.07, 6.45) is 0. The van der Waals surface area contributed by atoms with Crippen molar-refractivity contribution < 1.29 is 31.0 Å². The van der Waals surface area contributed by atoms with Gasteiger partial charge in [-0.15, -0.1) is 0 Å². The molecular weight excluding hydrogens is 267 g/mol. The molecule has 0 atom stereocenters. The number of hydrogen-bond acceptors (Lipinski definition) is 5. The predicted octanol–water partition coefficient (Wildman–Crippen LogP) is -0.454. The van der Waals surface area contributed by atoms with Crippen LogP contribution in [0.25, 0.3) is 0 Å². The van der Waals surface area contributed by atoms with Gasteiger partial charge in [0.1, 0.15) is 10.6 Å². The van der Waals surface area contributed by atoms with Crippen molar-refractivity contribution in [2.45, 2.75) is 16.7 Å². The molecule has 0 aliphatic carbocycles. The SMILES string of the molecule is Cc1c(S(=O)(=O)O)ccc(O)c1S(=O)(=O)O.[LiH]. The first-order chi connectivity index (χ1) is 7.05. The van der Waals surface area contributed by atoms with Gasteiger partial charge in [-0.05, 0) is 24.6 Å². The van der Waals surface area contributed by atoms with Crippen molar-refractivity contribution in [2.24, 2.45) is 0 Å². The Morgan fingerprint density at radius 3 is 1.82 bits per heavy atom. The quantitative estimate of drug-likeness (QED) is 0.492. The molecule has 0 radical (unpaired) electrons. The van der Waals surface area contributed by atoms with Gasteiger partial charge in [-0.1, -0.05) is 0 Å². The molecule has 0 aromatic heterocycles. The van der Waals surface area contributed by atoms with Gasteiger partial charge in [0.15, 0.2) is 0 Å². The van der Waals surface area contributed by atoms with E-state index in [1.54, 1.807) is 0 Å². The summed E-state index contributed by atoms with van der Waals surface area (Å²) in [5.74, 6) is -0.799. The third-order valence-corrected chi connectivity index (χ3v) is 3.90. The molecule has 10 heteroatoms. The summed E-state index contributed by atoms with van der Waals surface area (Å²) in [4.78, 5) is -1.64. The van der Waals surface area contributed by atoms with Gasteiger partial charge in [0.05, 0.1) is 4.90 Å². The summed E-state index contributed by atoms with van der Waals surface area (Å²) in [5, 5.41) is 9.20. The number of hydrogen-bond donors (Lipinski definition) is 3. The van der Waals surface area contributed by atoms with E-state index in [4.69, 9.17) is 9.11 Å². The Morgan fingerprint density at radius 2 is 1.47 bits per heavy atom. The molecule has 0 spiro atoms. The standard InChI is InChI=1S/C7H8O7S2.Li.H/c1-4-6(15(9,10)11)3-2-5(8)7(4)16(12,13)14;;/h2-3,8H,1H3,(H,9,10,11)(H,12,13,14);;. The average molecular weight is 276 g/mol. The Kier molecular flexibility index (Phi) is 4.81. The summed E-state index contributed by atoms with van der Waals surface area (Å²) in [5.41, 5.74) is -0.454. The zero-order valence-electron chi connectivity index (χ0n) is 7.95. The van der Waals surface area contributed by atoms with Crippen LogP contribution >= 0.6 is 0 Å². The van der Waals surface area contributed by atoms with Crippen LogP contribution in [-0.2, 0) is 20.2 Å². The van der Waals surface area contributed by atoms with E-state index >= 15 is 0 Å². The first kappa shape index (κ1) is 16.4. The summed E-state index contributed by atoms with van der Waals surface area (Å²) < 4.78 is 61.0. The van der Waals surface area contributed by atoms with E-state index in [2.05, 4.69) is 0 Å². The van der Waals surface area contributed by atoms with E-state index in [-0.39, 0.29) is 18.9 Å². The van der Waals surface area contributed by atoms with Crippen LogP contribution in [0.3, 0.4) is 0 Å². The summed E-state index contributed by atoms with van der Waals surface area (Å²) >= 11 is 0. The van der Waals surface area contributed by atoms with Crippen molar-refractivity contribution in [2.75, 3.05) is 0 Å². The molecule has 0 saturated carbocycles. The average Bonchev–Trinajstić information content (AvgIpc) is 1.97. The van der Waals surface area contributed by atoms with E-state index in [1.807, 2.05) is 0 Å². The molecule has 1 aromatic carbocycles. The summed E-state index contributed by atoms with van der Waals surface area (Å²) in [7, 11) is -9.39. The fraction of sp³-hybridized carbons (Fsp3) is 0.143. The van der Waals surface area contributed by atoms with Crippen LogP contribution in [0.4, 0.5) is 0 Å². The number of aromatic hydroxyl groups is 1. The Bertz CT molecular complexity index is 632. The zero-order valence-corrected chi connectivity index (χ0v) is 9.58. The predicted molar refractivity (Wildman–Crippen MR) is 59.6 cm³/mol. The van der Waals surface area contributed by atoms with Crippen LogP contribution in [0.5, 0.6) is 5.75 Å². The third-order valence-electron chi connectivity index (χ3n) is 1.87. The molecule has 0 bridgehead atoms. The molecular formula is C7H9LiO7S2. The Hall–Kier alpha value is -0.563. The number of rotatable bonds is 2. The van der Waals surface area contributed by atoms with Gasteiger partial charge in [0.25, 0.3) is 20.2 Å². The molecule has 0 heterocycles. The molecule has 1 rings (SSSR count). The molecule has 0 fully saturated rings. The van der Waals surface area contributed by atoms with Gasteiger partial charge in [0, 0.05) is 0 Å². The molecule has 0 aliphatic rings. The second-order valence-electron chi connectivity index (χ2n) is 2.99. The second kappa shape index (κ2) is 4.97. The van der Waals surface area contributed by atoms with Crippen LogP contribution < -0.4 is 0 Å². The maximum atomic E-state index is 10.9. The van der Waals surface area contributed by atoms with Gasteiger partial charge >= 0.3 is 18.9 Å². The molecule has 1 aromatic rings. The summed E-state index contributed by atoms with van der Waals surface area (Å²) in [6, 6.07) is 1.58. The van der Waals surface area contributed by atoms with E-state index in [1.165, 1.54) is 0 Å². The minimum absolute atomic E-state index is 0. The molecule has 0 aliphatic heterocycles. The van der Waals surface area contributed by atoms with Crippen LogP contribution in [0.15, 0.2) is 21.9 Å². The fourth-order valence-corrected chi connectivity index (χ4v) is 2.89. The van der Waals surface area contributed by atoms with Crippen molar-refractivity contribution in [3.8, 4) is 5.75 Å². The number of benzene rings is 1. The molecule has 7 nitrogen and oxygen atoms in total. The first-order valence-corrected chi connectivity index (χ1v) is 6.70. The molecule has 17 heavy (non-hydrogen) atoms. The minimum atomic E-state index is -4.77. The van der Waals surface area contributed by atoms with E-state index in [0.717, 1.165) is 19.1 Å². The van der Waals surface area contributed by atoms with Gasteiger partial charge in [-0.3, -0.25) is 9.11 Å². The monoisotopic (exact) mass is 276 g/mol. The van der Waals surface area contributed by atoms with Crippen LogP contribution in [-0.4, -0.2) is 49.9 Å².